The van der Waals surface area contributed by atoms with Crippen LogP contribution < -0.4 is 15.6 Å². The number of carbonyl (C=O) groups excluding carboxylic acids is 1. The van der Waals surface area contributed by atoms with Crippen molar-refractivity contribution in [2.45, 2.75) is 26.8 Å². The van der Waals surface area contributed by atoms with Gasteiger partial charge in [-0.2, -0.15) is 5.10 Å². The minimum Gasteiger partial charge on any atom is -0.497 e. The van der Waals surface area contributed by atoms with Crippen LogP contribution in [0.25, 0.3) is 5.82 Å². The number of amides is 1. The van der Waals surface area contributed by atoms with Gasteiger partial charge in [0.25, 0.3) is 5.56 Å². The molecule has 1 amide bonds. The first-order valence-corrected chi connectivity index (χ1v) is 8.97. The molecule has 0 fully saturated rings. The van der Waals surface area contributed by atoms with E-state index >= 15 is 0 Å². The highest BCUT2D eigenvalue weighted by atomic mass is 16.5. The maximum absolute atomic E-state index is 12.1. The molecule has 2 aromatic heterocycles. The van der Waals surface area contributed by atoms with E-state index in [9.17, 15) is 9.59 Å². The van der Waals surface area contributed by atoms with Crippen LogP contribution in [0, 0.1) is 13.8 Å². The van der Waals surface area contributed by atoms with E-state index in [1.807, 2.05) is 44.2 Å². The Morgan fingerprint density at radius 3 is 2.68 bits per heavy atom. The lowest BCUT2D eigenvalue weighted by molar-refractivity contribution is -0.120. The number of ether oxygens (including phenoxy) is 1. The molecule has 0 radical (unpaired) electrons. The first-order valence-electron chi connectivity index (χ1n) is 8.97. The Hall–Kier alpha value is -3.42. The van der Waals surface area contributed by atoms with Gasteiger partial charge in [-0.05, 0) is 43.7 Å². The van der Waals surface area contributed by atoms with E-state index in [0.717, 1.165) is 17.0 Å². The molecule has 0 aliphatic rings. The molecule has 146 valence electrons. The van der Waals surface area contributed by atoms with Crippen LogP contribution in [0.3, 0.4) is 0 Å². The van der Waals surface area contributed by atoms with Gasteiger partial charge in [0.2, 0.25) is 5.91 Å². The van der Waals surface area contributed by atoms with Crippen molar-refractivity contribution < 1.29 is 9.53 Å². The third kappa shape index (κ3) is 4.64. The first-order chi connectivity index (χ1) is 13.5. The van der Waals surface area contributed by atoms with Gasteiger partial charge >= 0.3 is 0 Å². The smallest absolute Gasteiger partial charge is 0.266 e. The van der Waals surface area contributed by atoms with Crippen LogP contribution >= 0.6 is 0 Å². The third-order valence-electron chi connectivity index (χ3n) is 4.22. The molecule has 1 aromatic carbocycles. The lowest BCUT2D eigenvalue weighted by Crippen LogP contribution is -2.33. The maximum atomic E-state index is 12.1. The standard InChI is InChI=1S/C20H23N5O3/c1-14-11-15(2)25(22-14)18-7-8-20(27)24(23-18)10-9-21-19(26)13-16-5-4-6-17(12-16)28-3/h4-8,11-12H,9-10,13H2,1-3H3,(H,21,26). The average Bonchev–Trinajstić information content (AvgIpc) is 3.01. The summed E-state index contributed by atoms with van der Waals surface area (Å²) in [5.41, 5.74) is 2.44. The van der Waals surface area contributed by atoms with Crippen molar-refractivity contribution in [1.29, 1.82) is 0 Å². The number of carbonyl (C=O) groups is 1. The van der Waals surface area contributed by atoms with E-state index < -0.39 is 0 Å². The molecule has 3 rings (SSSR count). The van der Waals surface area contributed by atoms with Crippen molar-refractivity contribution >= 4 is 5.91 Å². The third-order valence-corrected chi connectivity index (χ3v) is 4.22. The van der Waals surface area contributed by atoms with Gasteiger partial charge in [0.05, 0.1) is 25.8 Å². The fraction of sp³-hybridized carbons (Fsp3) is 0.300. The maximum Gasteiger partial charge on any atom is 0.266 e. The number of nitrogens with one attached hydrogen (secondary N) is 1. The highest BCUT2D eigenvalue weighted by Crippen LogP contribution is 2.12. The summed E-state index contributed by atoms with van der Waals surface area (Å²) in [4.78, 5) is 24.2. The highest BCUT2D eigenvalue weighted by Gasteiger charge is 2.08. The van der Waals surface area contributed by atoms with E-state index in [1.54, 1.807) is 17.9 Å². The molecule has 0 aliphatic heterocycles. The molecule has 1 N–H and O–H groups in total. The van der Waals surface area contributed by atoms with Crippen molar-refractivity contribution in [3.05, 3.63) is 69.8 Å². The molecule has 0 bridgehead atoms. The summed E-state index contributed by atoms with van der Waals surface area (Å²) >= 11 is 0. The zero-order valence-electron chi connectivity index (χ0n) is 16.2. The molecule has 8 nitrogen and oxygen atoms in total. The topological polar surface area (TPSA) is 91.0 Å². The molecule has 28 heavy (non-hydrogen) atoms. The number of hydrogen-bond donors (Lipinski definition) is 1. The van der Waals surface area contributed by atoms with Crippen molar-refractivity contribution in [2.24, 2.45) is 0 Å². The fourth-order valence-corrected chi connectivity index (χ4v) is 2.90. The van der Waals surface area contributed by atoms with Gasteiger partial charge in [0.1, 0.15) is 5.75 Å². The van der Waals surface area contributed by atoms with Crippen LogP contribution in [0.2, 0.25) is 0 Å². The number of hydrogen-bond acceptors (Lipinski definition) is 5. The van der Waals surface area contributed by atoms with Crippen LogP contribution in [0.15, 0.2) is 47.3 Å². The molecule has 2 heterocycles. The van der Waals surface area contributed by atoms with Crippen LogP contribution in [0.4, 0.5) is 0 Å². The molecule has 0 unspecified atom stereocenters. The highest BCUT2D eigenvalue weighted by molar-refractivity contribution is 5.78. The Bertz CT molecular complexity index is 1040. The summed E-state index contributed by atoms with van der Waals surface area (Å²) < 4.78 is 8.18. The van der Waals surface area contributed by atoms with Crippen LogP contribution in [-0.4, -0.2) is 39.1 Å². The largest absolute Gasteiger partial charge is 0.497 e. The minimum atomic E-state index is -0.229. The predicted molar refractivity (Wildman–Crippen MR) is 105 cm³/mol. The SMILES string of the molecule is COc1cccc(CC(=O)NCCn2nc(-n3nc(C)cc3C)ccc2=O)c1. The molecule has 0 saturated heterocycles. The molecule has 0 spiro atoms. The zero-order chi connectivity index (χ0) is 20.1. The van der Waals surface area contributed by atoms with Crippen LogP contribution in [-0.2, 0) is 17.8 Å². The van der Waals surface area contributed by atoms with Gasteiger partial charge in [-0.3, -0.25) is 9.59 Å². The average molecular weight is 381 g/mol. The lowest BCUT2D eigenvalue weighted by atomic mass is 10.1. The van der Waals surface area contributed by atoms with E-state index in [1.165, 1.54) is 10.7 Å². The van der Waals surface area contributed by atoms with E-state index in [4.69, 9.17) is 4.74 Å². The Kier molecular flexibility index (Phi) is 5.88. The van der Waals surface area contributed by atoms with Gasteiger partial charge < -0.3 is 10.1 Å². The second-order valence-electron chi connectivity index (χ2n) is 6.47. The molecular weight excluding hydrogens is 358 g/mol. The second-order valence-corrected chi connectivity index (χ2v) is 6.47. The van der Waals surface area contributed by atoms with Gasteiger partial charge in [-0.15, -0.1) is 5.10 Å². The number of methoxy groups -OCH3 is 1. The van der Waals surface area contributed by atoms with Crippen molar-refractivity contribution in [2.75, 3.05) is 13.7 Å². The quantitative estimate of drug-likeness (QED) is 0.668. The summed E-state index contributed by atoms with van der Waals surface area (Å²) in [6, 6.07) is 12.4. The number of aromatic nitrogens is 4. The molecular formula is C20H23N5O3. The van der Waals surface area contributed by atoms with Crippen molar-refractivity contribution in [3.63, 3.8) is 0 Å². The van der Waals surface area contributed by atoms with E-state index in [0.29, 0.717) is 18.1 Å². The minimum absolute atomic E-state index is 0.129. The molecule has 3 aromatic rings. The summed E-state index contributed by atoms with van der Waals surface area (Å²) in [5.74, 6) is 1.14. The Morgan fingerprint density at radius 1 is 1.14 bits per heavy atom. The van der Waals surface area contributed by atoms with Gasteiger partial charge in [0.15, 0.2) is 5.82 Å². The molecule has 8 heteroatoms. The number of nitrogens with zero attached hydrogens (tertiary/aromatic N) is 4. The van der Waals surface area contributed by atoms with Crippen LogP contribution in [0.1, 0.15) is 17.0 Å². The summed E-state index contributed by atoms with van der Waals surface area (Å²) in [6.45, 7) is 4.40. The Labute approximate surface area is 162 Å². The fourth-order valence-electron chi connectivity index (χ4n) is 2.90. The predicted octanol–water partition coefficient (Wildman–Crippen LogP) is 1.41. The van der Waals surface area contributed by atoms with Crippen molar-refractivity contribution in [3.8, 4) is 11.6 Å². The number of benzene rings is 1. The number of aryl methyl sites for hydroxylation is 2. The molecule has 0 saturated carbocycles. The summed E-state index contributed by atoms with van der Waals surface area (Å²) in [7, 11) is 1.59. The summed E-state index contributed by atoms with van der Waals surface area (Å²) in [5, 5.41) is 11.6. The lowest BCUT2D eigenvalue weighted by Gasteiger charge is -2.09. The van der Waals surface area contributed by atoms with Gasteiger partial charge in [0, 0.05) is 18.3 Å². The summed E-state index contributed by atoms with van der Waals surface area (Å²) in [6.07, 6.45) is 0.241. The first kappa shape index (κ1) is 19.3. The number of rotatable bonds is 7. The molecule has 0 atom stereocenters. The second kappa shape index (κ2) is 8.51. The van der Waals surface area contributed by atoms with E-state index in [2.05, 4.69) is 15.5 Å². The Balaban J connectivity index is 1.61. The zero-order valence-corrected chi connectivity index (χ0v) is 16.2. The van der Waals surface area contributed by atoms with E-state index in [-0.39, 0.29) is 24.4 Å². The Morgan fingerprint density at radius 2 is 1.96 bits per heavy atom. The van der Waals surface area contributed by atoms with Crippen LogP contribution in [0.5, 0.6) is 5.75 Å². The van der Waals surface area contributed by atoms with Gasteiger partial charge in [-0.25, -0.2) is 9.36 Å². The monoisotopic (exact) mass is 381 g/mol. The van der Waals surface area contributed by atoms with Gasteiger partial charge in [-0.1, -0.05) is 12.1 Å². The van der Waals surface area contributed by atoms with Crippen molar-refractivity contribution in [1.82, 2.24) is 24.9 Å². The normalized spacial score (nSPS) is 10.7. The molecule has 0 aliphatic carbocycles.